The zero-order valence-electron chi connectivity index (χ0n) is 13.9. The third-order valence-corrected chi connectivity index (χ3v) is 4.85. The first-order valence-electron chi connectivity index (χ1n) is 8.27. The second-order valence-electron chi connectivity index (χ2n) is 6.18. The van der Waals surface area contributed by atoms with Crippen molar-refractivity contribution in [1.82, 2.24) is 0 Å². The van der Waals surface area contributed by atoms with Gasteiger partial charge in [0.25, 0.3) is 0 Å². The number of hydrogen-bond donors (Lipinski definition) is 1. The van der Waals surface area contributed by atoms with Gasteiger partial charge < -0.3 is 9.84 Å². The van der Waals surface area contributed by atoms with Crippen molar-refractivity contribution >= 4 is 11.9 Å². The summed E-state index contributed by atoms with van der Waals surface area (Å²) in [5.74, 6) is -1.84. The quantitative estimate of drug-likeness (QED) is 0.668. The minimum absolute atomic E-state index is 0.123. The second kappa shape index (κ2) is 6.93. The van der Waals surface area contributed by atoms with Gasteiger partial charge in [0, 0.05) is 0 Å². The molecule has 2 atom stereocenters. The van der Waals surface area contributed by atoms with Crippen LogP contribution in [0.2, 0.25) is 0 Å². The van der Waals surface area contributed by atoms with Crippen molar-refractivity contribution < 1.29 is 19.4 Å². The molecule has 128 valence electrons. The topological polar surface area (TPSA) is 63.6 Å². The van der Waals surface area contributed by atoms with Crippen LogP contribution in [-0.4, -0.2) is 23.7 Å². The molecule has 2 aromatic carbocycles. The Hall–Kier alpha value is -2.88. The fourth-order valence-corrected chi connectivity index (χ4v) is 3.71. The van der Waals surface area contributed by atoms with Gasteiger partial charge in [-0.3, -0.25) is 9.59 Å². The molecular weight excluding hydrogens is 316 g/mol. The molecule has 1 unspecified atom stereocenters. The number of ether oxygens (including phenoxy) is 1. The van der Waals surface area contributed by atoms with Gasteiger partial charge in [0.1, 0.15) is 12.0 Å². The van der Waals surface area contributed by atoms with Gasteiger partial charge in [0.2, 0.25) is 0 Å². The van der Waals surface area contributed by atoms with Crippen molar-refractivity contribution in [2.45, 2.75) is 24.2 Å². The smallest absolute Gasteiger partial charge is 0.321 e. The second-order valence-corrected chi connectivity index (χ2v) is 6.18. The van der Waals surface area contributed by atoms with Crippen LogP contribution < -0.4 is 0 Å². The van der Waals surface area contributed by atoms with Crippen LogP contribution in [0.15, 0.2) is 67.3 Å². The molecule has 0 radical (unpaired) electrons. The number of benzene rings is 2. The molecule has 4 heteroatoms. The molecule has 0 spiro atoms. The summed E-state index contributed by atoms with van der Waals surface area (Å²) in [5.41, 5.74) is 1.22. The van der Waals surface area contributed by atoms with Gasteiger partial charge in [-0.2, -0.15) is 0 Å². The predicted octanol–water partition coefficient (Wildman–Crippen LogP) is 3.66. The molecule has 3 rings (SSSR count). The van der Waals surface area contributed by atoms with Crippen LogP contribution in [0.4, 0.5) is 0 Å². The van der Waals surface area contributed by atoms with Gasteiger partial charge >= 0.3 is 11.9 Å². The Morgan fingerprint density at radius 1 is 1.16 bits per heavy atom. The van der Waals surface area contributed by atoms with Gasteiger partial charge in [-0.1, -0.05) is 67.3 Å². The maximum atomic E-state index is 13.1. The molecule has 0 aromatic heterocycles. The molecule has 0 saturated heterocycles. The Morgan fingerprint density at radius 2 is 1.84 bits per heavy atom. The highest BCUT2D eigenvalue weighted by atomic mass is 16.5. The number of esters is 1. The molecule has 1 aliphatic rings. The largest absolute Gasteiger partial charge is 0.481 e. The summed E-state index contributed by atoms with van der Waals surface area (Å²) in [6, 6.07) is 16.7. The highest BCUT2D eigenvalue weighted by molar-refractivity contribution is 5.90. The van der Waals surface area contributed by atoms with E-state index in [4.69, 9.17) is 4.74 Å². The Kier molecular flexibility index (Phi) is 4.70. The van der Waals surface area contributed by atoms with Crippen molar-refractivity contribution in [3.8, 4) is 0 Å². The lowest BCUT2D eigenvalue weighted by Crippen LogP contribution is -2.43. The molecule has 0 amide bonds. The van der Waals surface area contributed by atoms with E-state index in [0.29, 0.717) is 24.0 Å². The van der Waals surface area contributed by atoms with Gasteiger partial charge in [-0.15, -0.1) is 0 Å². The predicted molar refractivity (Wildman–Crippen MR) is 94.4 cm³/mol. The molecule has 4 nitrogen and oxygen atoms in total. The van der Waals surface area contributed by atoms with Crippen LogP contribution in [0.1, 0.15) is 35.4 Å². The minimum atomic E-state index is -0.993. The minimum Gasteiger partial charge on any atom is -0.481 e. The van der Waals surface area contributed by atoms with E-state index < -0.39 is 17.3 Å². The first-order chi connectivity index (χ1) is 12.1. The highest BCUT2D eigenvalue weighted by Gasteiger charge is 2.49. The lowest BCUT2D eigenvalue weighted by molar-refractivity contribution is -0.149. The summed E-state index contributed by atoms with van der Waals surface area (Å²) >= 11 is 0. The van der Waals surface area contributed by atoms with Crippen LogP contribution in [0.25, 0.3) is 0 Å². The molecule has 0 saturated carbocycles. The number of hydrogen-bond acceptors (Lipinski definition) is 3. The first kappa shape index (κ1) is 17.0. The lowest BCUT2D eigenvalue weighted by atomic mass is 9.63. The molecular formula is C21H20O4. The van der Waals surface area contributed by atoms with Crippen molar-refractivity contribution in [3.05, 3.63) is 83.9 Å². The maximum Gasteiger partial charge on any atom is 0.321 e. The van der Waals surface area contributed by atoms with E-state index >= 15 is 0 Å². The van der Waals surface area contributed by atoms with Gasteiger partial charge in [-0.05, 0) is 29.5 Å². The zero-order valence-corrected chi connectivity index (χ0v) is 13.9. The molecule has 0 heterocycles. The van der Waals surface area contributed by atoms with E-state index in [1.165, 1.54) is 6.08 Å². The molecule has 0 aliphatic heterocycles. The van der Waals surface area contributed by atoms with Gasteiger partial charge in [0.05, 0.1) is 5.92 Å². The van der Waals surface area contributed by atoms with Gasteiger partial charge in [-0.25, -0.2) is 0 Å². The van der Waals surface area contributed by atoms with Crippen LogP contribution in [0.5, 0.6) is 0 Å². The summed E-state index contributed by atoms with van der Waals surface area (Å²) in [6.45, 7) is 3.72. The van der Waals surface area contributed by atoms with Crippen molar-refractivity contribution in [3.63, 3.8) is 0 Å². The molecule has 25 heavy (non-hydrogen) atoms. The third-order valence-electron chi connectivity index (χ3n) is 4.85. The summed E-state index contributed by atoms with van der Waals surface area (Å²) in [5, 5.41) is 9.58. The highest BCUT2D eigenvalue weighted by Crippen LogP contribution is 2.47. The van der Waals surface area contributed by atoms with Crippen molar-refractivity contribution in [1.29, 1.82) is 0 Å². The van der Waals surface area contributed by atoms with E-state index in [1.54, 1.807) is 6.07 Å². The van der Waals surface area contributed by atoms with Crippen LogP contribution in [-0.2, 0) is 19.7 Å². The summed E-state index contributed by atoms with van der Waals surface area (Å²) in [4.78, 5) is 24.8. The van der Waals surface area contributed by atoms with E-state index in [1.807, 2.05) is 48.5 Å². The van der Waals surface area contributed by atoms with Crippen LogP contribution in [0.3, 0.4) is 0 Å². The SMILES string of the molecule is C=CCOC(=O)C1(c2ccccc2)CC[C@H](C(=O)O)c2ccccc21. The number of aliphatic carboxylic acids is 1. The fourth-order valence-electron chi connectivity index (χ4n) is 3.71. The molecule has 0 fully saturated rings. The van der Waals surface area contributed by atoms with E-state index in [-0.39, 0.29) is 12.6 Å². The fraction of sp³-hybridized carbons (Fsp3) is 0.238. The normalized spacial score (nSPS) is 21.8. The third kappa shape index (κ3) is 2.84. The average Bonchev–Trinajstić information content (AvgIpc) is 2.65. The molecule has 1 N–H and O–H groups in total. The number of carbonyl (C=O) groups excluding carboxylic acids is 1. The Labute approximate surface area is 146 Å². The number of fused-ring (bicyclic) bond motifs is 1. The lowest BCUT2D eigenvalue weighted by Gasteiger charge is -2.39. The van der Waals surface area contributed by atoms with Gasteiger partial charge in [0.15, 0.2) is 0 Å². The Bertz CT molecular complexity index is 797. The summed E-state index contributed by atoms with van der Waals surface area (Å²) < 4.78 is 5.44. The van der Waals surface area contributed by atoms with E-state index in [2.05, 4.69) is 6.58 Å². The number of rotatable bonds is 5. The molecule has 1 aliphatic carbocycles. The average molecular weight is 336 g/mol. The Morgan fingerprint density at radius 3 is 2.52 bits per heavy atom. The molecule has 0 bridgehead atoms. The summed E-state index contributed by atoms with van der Waals surface area (Å²) in [7, 11) is 0. The van der Waals surface area contributed by atoms with Crippen molar-refractivity contribution in [2.24, 2.45) is 0 Å². The van der Waals surface area contributed by atoms with E-state index in [0.717, 1.165) is 5.56 Å². The first-order valence-corrected chi connectivity index (χ1v) is 8.27. The monoisotopic (exact) mass is 336 g/mol. The number of carbonyl (C=O) groups is 2. The zero-order chi connectivity index (χ0) is 17.9. The Balaban J connectivity index is 2.21. The van der Waals surface area contributed by atoms with Crippen LogP contribution in [0, 0.1) is 0 Å². The van der Waals surface area contributed by atoms with Crippen LogP contribution >= 0.6 is 0 Å². The number of carboxylic acid groups (broad SMARTS) is 1. The summed E-state index contributed by atoms with van der Waals surface area (Å²) in [6.07, 6.45) is 2.30. The van der Waals surface area contributed by atoms with E-state index in [9.17, 15) is 14.7 Å². The van der Waals surface area contributed by atoms with Crippen molar-refractivity contribution in [2.75, 3.05) is 6.61 Å². The molecule has 2 aromatic rings. The maximum absolute atomic E-state index is 13.1. The standard InChI is InChI=1S/C21H20O4/c1-2-14-25-20(24)21(15-8-4-3-5-9-15)13-12-17(19(22)23)16-10-6-7-11-18(16)21/h2-11,17H,1,12-14H2,(H,22,23)/t17-,21?/m0/s1. The number of carboxylic acids is 1.